The molecule has 1 amide bonds. The van der Waals surface area contributed by atoms with Gasteiger partial charge in [-0.2, -0.15) is 0 Å². The highest BCUT2D eigenvalue weighted by Gasteiger charge is 2.46. The van der Waals surface area contributed by atoms with Crippen LogP contribution in [0.15, 0.2) is 41.5 Å². The summed E-state index contributed by atoms with van der Waals surface area (Å²) in [6.07, 6.45) is -1.54. The van der Waals surface area contributed by atoms with Crippen LogP contribution in [0.5, 0.6) is 0 Å². The van der Waals surface area contributed by atoms with Crippen molar-refractivity contribution in [1.29, 1.82) is 0 Å². The van der Waals surface area contributed by atoms with Crippen molar-refractivity contribution in [2.24, 2.45) is 10.7 Å². The third kappa shape index (κ3) is 3.77. The molecule has 1 atom stereocenters. The normalized spacial score (nSPS) is 19.7. The van der Waals surface area contributed by atoms with Gasteiger partial charge in [-0.15, -0.1) is 0 Å². The number of carbonyl (C=O) groups is 1. The molecule has 0 fully saturated rings. The highest BCUT2D eigenvalue weighted by atomic mass is 19.3. The van der Waals surface area contributed by atoms with E-state index in [1.807, 2.05) is 6.92 Å². The second kappa shape index (κ2) is 7.36. The molecule has 0 radical (unpaired) electrons. The Labute approximate surface area is 153 Å². The van der Waals surface area contributed by atoms with Gasteiger partial charge in [-0.3, -0.25) is 14.8 Å². The molecule has 27 heavy (non-hydrogen) atoms. The van der Waals surface area contributed by atoms with E-state index in [4.69, 9.17) is 10.5 Å². The van der Waals surface area contributed by atoms with Gasteiger partial charge in [0.05, 0.1) is 6.61 Å². The van der Waals surface area contributed by atoms with Gasteiger partial charge in [-0.05, 0) is 36.8 Å². The molecule has 2 aromatic rings. The SMILES string of the molecule is Cc1ccc(C(=O)Nc2ccc(F)c([C@]3(C(F)F)COCC(N)=N3)c2)nc1. The number of rotatable bonds is 4. The first-order valence-corrected chi connectivity index (χ1v) is 8.06. The highest BCUT2D eigenvalue weighted by Crippen LogP contribution is 2.37. The summed E-state index contributed by atoms with van der Waals surface area (Å²) in [5.41, 5.74) is 4.00. The Morgan fingerprint density at radius 2 is 2.11 bits per heavy atom. The number of nitrogens with zero attached hydrogens (tertiary/aromatic N) is 2. The second-order valence-electron chi connectivity index (χ2n) is 6.19. The zero-order valence-electron chi connectivity index (χ0n) is 14.4. The summed E-state index contributed by atoms with van der Waals surface area (Å²) in [7, 11) is 0. The zero-order chi connectivity index (χ0) is 19.6. The largest absolute Gasteiger partial charge is 0.385 e. The van der Waals surface area contributed by atoms with Gasteiger partial charge >= 0.3 is 0 Å². The van der Waals surface area contributed by atoms with Crippen LogP contribution < -0.4 is 11.1 Å². The third-order valence-electron chi connectivity index (χ3n) is 4.11. The van der Waals surface area contributed by atoms with E-state index >= 15 is 0 Å². The highest BCUT2D eigenvalue weighted by molar-refractivity contribution is 6.02. The molecule has 0 aliphatic carbocycles. The Kier molecular flexibility index (Phi) is 5.13. The van der Waals surface area contributed by atoms with Crippen LogP contribution in [0.2, 0.25) is 0 Å². The lowest BCUT2D eigenvalue weighted by Gasteiger charge is -2.33. The summed E-state index contributed by atoms with van der Waals surface area (Å²) in [5, 5.41) is 2.52. The summed E-state index contributed by atoms with van der Waals surface area (Å²) < 4.78 is 47.0. The van der Waals surface area contributed by atoms with Crippen LogP contribution in [-0.4, -0.2) is 36.4 Å². The Balaban J connectivity index is 1.95. The standard InChI is InChI=1S/C18H17F3N4O2/c1-10-2-5-14(23-7-10)16(26)24-11-3-4-13(19)12(6-11)18(17(20)21)9-27-8-15(22)25-18/h2-7,17H,8-9H2,1H3,(H2,22,25)(H,24,26)/t18-/m0/s1. The predicted octanol–water partition coefficient (Wildman–Crippen LogP) is 2.63. The molecule has 6 nitrogen and oxygen atoms in total. The van der Waals surface area contributed by atoms with Crippen molar-refractivity contribution in [1.82, 2.24) is 4.98 Å². The van der Waals surface area contributed by atoms with E-state index in [1.165, 1.54) is 18.3 Å². The number of alkyl halides is 2. The number of anilines is 1. The number of aryl methyl sites for hydroxylation is 1. The molecule has 0 saturated heterocycles. The fourth-order valence-corrected chi connectivity index (χ4v) is 2.73. The number of ether oxygens (including phenoxy) is 1. The van der Waals surface area contributed by atoms with Crippen molar-refractivity contribution in [3.63, 3.8) is 0 Å². The Morgan fingerprint density at radius 1 is 1.33 bits per heavy atom. The van der Waals surface area contributed by atoms with E-state index in [0.29, 0.717) is 0 Å². The second-order valence-corrected chi connectivity index (χ2v) is 6.19. The van der Waals surface area contributed by atoms with E-state index in [0.717, 1.165) is 17.7 Å². The van der Waals surface area contributed by atoms with Crippen LogP contribution in [0.3, 0.4) is 0 Å². The maximum atomic E-state index is 14.4. The van der Waals surface area contributed by atoms with Crippen LogP contribution in [0.1, 0.15) is 21.6 Å². The topological polar surface area (TPSA) is 89.6 Å². The van der Waals surface area contributed by atoms with Crippen molar-refractivity contribution in [3.8, 4) is 0 Å². The quantitative estimate of drug-likeness (QED) is 0.856. The fourth-order valence-electron chi connectivity index (χ4n) is 2.73. The molecule has 0 saturated carbocycles. The molecular weight excluding hydrogens is 361 g/mol. The molecule has 1 aromatic heterocycles. The van der Waals surface area contributed by atoms with Crippen LogP contribution in [0, 0.1) is 12.7 Å². The lowest BCUT2D eigenvalue weighted by atomic mass is 9.90. The molecule has 0 unspecified atom stereocenters. The first-order chi connectivity index (χ1) is 12.8. The third-order valence-corrected chi connectivity index (χ3v) is 4.11. The van der Waals surface area contributed by atoms with Crippen molar-refractivity contribution >= 4 is 17.4 Å². The number of halogens is 3. The van der Waals surface area contributed by atoms with Gasteiger partial charge in [0.25, 0.3) is 12.3 Å². The number of aliphatic imine (C=N–C) groups is 1. The number of carbonyl (C=O) groups excluding carboxylic acids is 1. The minimum Gasteiger partial charge on any atom is -0.385 e. The number of pyridine rings is 1. The van der Waals surface area contributed by atoms with E-state index < -0.39 is 35.9 Å². The summed E-state index contributed by atoms with van der Waals surface area (Å²) in [6.45, 7) is 1.19. The number of nitrogens with two attached hydrogens (primary N) is 1. The molecule has 0 spiro atoms. The smallest absolute Gasteiger partial charge is 0.274 e. The maximum absolute atomic E-state index is 14.4. The summed E-state index contributed by atoms with van der Waals surface area (Å²) in [6, 6.07) is 6.59. The average molecular weight is 378 g/mol. The average Bonchev–Trinajstić information content (AvgIpc) is 2.63. The molecular formula is C18H17F3N4O2. The minimum atomic E-state index is -3.06. The van der Waals surface area contributed by atoms with Gasteiger partial charge in [-0.25, -0.2) is 13.2 Å². The van der Waals surface area contributed by atoms with Gasteiger partial charge < -0.3 is 15.8 Å². The number of amidine groups is 1. The Morgan fingerprint density at radius 3 is 2.74 bits per heavy atom. The van der Waals surface area contributed by atoms with E-state index in [2.05, 4.69) is 15.3 Å². The number of aromatic nitrogens is 1. The maximum Gasteiger partial charge on any atom is 0.274 e. The molecule has 3 rings (SSSR count). The first-order valence-electron chi connectivity index (χ1n) is 8.06. The molecule has 0 bridgehead atoms. The summed E-state index contributed by atoms with van der Waals surface area (Å²) in [4.78, 5) is 20.1. The molecule has 1 aliphatic heterocycles. The van der Waals surface area contributed by atoms with Crippen LogP contribution in [-0.2, 0) is 10.3 Å². The van der Waals surface area contributed by atoms with E-state index in [-0.39, 0.29) is 23.8 Å². The fraction of sp³-hybridized carbons (Fsp3) is 0.278. The van der Waals surface area contributed by atoms with E-state index in [9.17, 15) is 18.0 Å². The van der Waals surface area contributed by atoms with Crippen LogP contribution >= 0.6 is 0 Å². The minimum absolute atomic E-state index is 0.106. The Hall–Kier alpha value is -2.94. The molecule has 2 heterocycles. The first kappa shape index (κ1) is 18.8. The zero-order valence-corrected chi connectivity index (χ0v) is 14.4. The van der Waals surface area contributed by atoms with Gasteiger partial charge in [0.15, 0.2) is 5.54 Å². The van der Waals surface area contributed by atoms with Gasteiger partial charge in [0.2, 0.25) is 0 Å². The lowest BCUT2D eigenvalue weighted by molar-refractivity contribution is -0.0145. The van der Waals surface area contributed by atoms with Crippen LogP contribution in [0.25, 0.3) is 0 Å². The number of hydrogen-bond acceptors (Lipinski definition) is 5. The molecule has 142 valence electrons. The lowest BCUT2D eigenvalue weighted by Crippen LogP contribution is -2.45. The monoisotopic (exact) mass is 378 g/mol. The molecule has 1 aliphatic rings. The number of nitrogens with one attached hydrogen (secondary N) is 1. The van der Waals surface area contributed by atoms with Crippen molar-refractivity contribution in [2.45, 2.75) is 18.9 Å². The van der Waals surface area contributed by atoms with Crippen LogP contribution in [0.4, 0.5) is 18.9 Å². The van der Waals surface area contributed by atoms with Gasteiger partial charge in [0.1, 0.15) is 24.0 Å². The number of benzene rings is 1. The number of hydrogen-bond donors (Lipinski definition) is 2. The number of amides is 1. The molecule has 1 aromatic carbocycles. The van der Waals surface area contributed by atoms with Gasteiger partial charge in [0, 0.05) is 17.4 Å². The molecule has 9 heteroatoms. The summed E-state index contributed by atoms with van der Waals surface area (Å²) >= 11 is 0. The van der Waals surface area contributed by atoms with Gasteiger partial charge in [-0.1, -0.05) is 6.07 Å². The summed E-state index contributed by atoms with van der Waals surface area (Å²) in [5.74, 6) is -1.61. The molecule has 3 N–H and O–H groups in total. The van der Waals surface area contributed by atoms with Crippen molar-refractivity contribution < 1.29 is 22.7 Å². The Bertz CT molecular complexity index is 887. The van der Waals surface area contributed by atoms with Crippen molar-refractivity contribution in [2.75, 3.05) is 18.5 Å². The predicted molar refractivity (Wildman–Crippen MR) is 93.5 cm³/mol. The van der Waals surface area contributed by atoms with Crippen molar-refractivity contribution in [3.05, 3.63) is 59.2 Å². The van der Waals surface area contributed by atoms with E-state index in [1.54, 1.807) is 6.07 Å².